The van der Waals surface area contributed by atoms with Crippen LogP contribution >= 0.6 is 0 Å². The van der Waals surface area contributed by atoms with Gasteiger partial charge in [-0.05, 0) is 17.7 Å². The number of benzene rings is 1. The number of alkyl halides is 3. The molecule has 5 nitrogen and oxygen atoms in total. The Morgan fingerprint density at radius 2 is 1.78 bits per heavy atom. The van der Waals surface area contributed by atoms with Gasteiger partial charge in [0.05, 0.1) is 0 Å². The highest BCUT2D eigenvalue weighted by Crippen LogP contribution is 2.26. The Balaban J connectivity index is 2.13. The summed E-state index contributed by atoms with van der Waals surface area (Å²) in [7, 11) is 0. The summed E-state index contributed by atoms with van der Waals surface area (Å²) in [6.45, 7) is 0. The van der Waals surface area contributed by atoms with Gasteiger partial charge in [0.1, 0.15) is 5.75 Å². The predicted molar refractivity (Wildman–Crippen MR) is 50.5 cm³/mol. The summed E-state index contributed by atoms with van der Waals surface area (Å²) in [5.74, 6) is -1.21. The molecule has 1 unspecified atom stereocenters. The van der Waals surface area contributed by atoms with E-state index in [1.807, 2.05) is 0 Å². The normalized spacial score (nSPS) is 19.4. The fourth-order valence-corrected chi connectivity index (χ4v) is 1.44. The van der Waals surface area contributed by atoms with Crippen LogP contribution in [-0.4, -0.2) is 18.4 Å². The van der Waals surface area contributed by atoms with Gasteiger partial charge in [-0.15, -0.1) is 13.2 Å². The maximum Gasteiger partial charge on any atom is 0.573 e. The van der Waals surface area contributed by atoms with E-state index in [0.29, 0.717) is 5.56 Å². The maximum absolute atomic E-state index is 11.9. The van der Waals surface area contributed by atoms with Crippen LogP contribution < -0.4 is 10.1 Å². The van der Waals surface area contributed by atoms with Crippen molar-refractivity contribution in [1.29, 1.82) is 0 Å². The molecule has 1 aliphatic heterocycles. The molecule has 1 fully saturated rings. The number of esters is 1. The number of carbonyl (C=O) groups excluding carboxylic acids is 2. The minimum Gasteiger partial charge on any atom is -0.406 e. The summed E-state index contributed by atoms with van der Waals surface area (Å²) in [6, 6.07) is 3.55. The lowest BCUT2D eigenvalue weighted by atomic mass is 10.1. The monoisotopic (exact) mass is 261 g/mol. The molecule has 1 atom stereocenters. The van der Waals surface area contributed by atoms with Crippen molar-refractivity contribution in [1.82, 2.24) is 5.32 Å². The highest BCUT2D eigenvalue weighted by atomic mass is 19.4. The maximum atomic E-state index is 11.9. The summed E-state index contributed by atoms with van der Waals surface area (Å²) < 4.78 is 43.6. The molecular weight excluding hydrogens is 255 g/mol. The molecule has 1 amide bonds. The number of hydrogen-bond acceptors (Lipinski definition) is 4. The van der Waals surface area contributed by atoms with Crippen LogP contribution in [0, 0.1) is 0 Å². The minimum absolute atomic E-state index is 0.306. The average Bonchev–Trinajstić information content (AvgIpc) is 2.57. The molecule has 1 heterocycles. The van der Waals surface area contributed by atoms with Gasteiger partial charge in [-0.3, -0.25) is 0 Å². The Bertz CT molecular complexity index is 483. The van der Waals surface area contributed by atoms with Crippen LogP contribution in [0.15, 0.2) is 24.3 Å². The minimum atomic E-state index is -4.78. The molecule has 0 radical (unpaired) electrons. The van der Waals surface area contributed by atoms with Crippen molar-refractivity contribution < 1.29 is 32.2 Å². The quantitative estimate of drug-likeness (QED) is 0.652. The molecule has 2 rings (SSSR count). The Hall–Kier alpha value is -2.25. The Labute approximate surface area is 98.5 Å². The first-order valence-electron chi connectivity index (χ1n) is 4.73. The van der Waals surface area contributed by atoms with Crippen LogP contribution in [0.1, 0.15) is 11.6 Å². The number of hydrogen-bond donors (Lipinski definition) is 1. The fourth-order valence-electron chi connectivity index (χ4n) is 1.44. The highest BCUT2D eigenvalue weighted by Gasteiger charge is 2.34. The van der Waals surface area contributed by atoms with E-state index in [9.17, 15) is 22.8 Å². The van der Waals surface area contributed by atoms with Crippen molar-refractivity contribution in [3.8, 4) is 5.75 Å². The molecule has 0 saturated carbocycles. The molecule has 1 aromatic rings. The van der Waals surface area contributed by atoms with Gasteiger partial charge in [0, 0.05) is 0 Å². The van der Waals surface area contributed by atoms with Gasteiger partial charge >= 0.3 is 18.4 Å². The third kappa shape index (κ3) is 2.70. The standard InChI is InChI=1S/C10H6F3NO4/c11-10(12,13)18-6-3-1-5(2-4-6)7-8(15)17-9(16)14-7/h1-4,7H,(H,14,16). The lowest BCUT2D eigenvalue weighted by molar-refractivity contribution is -0.274. The van der Waals surface area contributed by atoms with Crippen molar-refractivity contribution in [3.63, 3.8) is 0 Å². The van der Waals surface area contributed by atoms with Crippen LogP contribution in [0.25, 0.3) is 0 Å². The Morgan fingerprint density at radius 3 is 2.22 bits per heavy atom. The molecule has 1 aliphatic rings. The van der Waals surface area contributed by atoms with Crippen molar-refractivity contribution in [2.45, 2.75) is 12.4 Å². The number of alkyl carbamates (subject to hydrolysis) is 1. The van der Waals surface area contributed by atoms with Gasteiger partial charge < -0.3 is 14.8 Å². The number of halogens is 3. The molecule has 0 spiro atoms. The van der Waals surface area contributed by atoms with E-state index >= 15 is 0 Å². The van der Waals surface area contributed by atoms with Crippen LogP contribution in [0.2, 0.25) is 0 Å². The number of carbonyl (C=O) groups is 2. The van der Waals surface area contributed by atoms with E-state index in [2.05, 4.69) is 14.8 Å². The zero-order chi connectivity index (χ0) is 13.3. The second-order valence-corrected chi connectivity index (χ2v) is 3.40. The molecule has 96 valence electrons. The second-order valence-electron chi connectivity index (χ2n) is 3.40. The van der Waals surface area contributed by atoms with Crippen molar-refractivity contribution in [3.05, 3.63) is 29.8 Å². The number of ether oxygens (including phenoxy) is 2. The lowest BCUT2D eigenvalue weighted by Crippen LogP contribution is -2.20. The molecule has 0 aromatic heterocycles. The van der Waals surface area contributed by atoms with Crippen molar-refractivity contribution in [2.75, 3.05) is 0 Å². The number of amides is 1. The van der Waals surface area contributed by atoms with E-state index in [1.54, 1.807) is 0 Å². The van der Waals surface area contributed by atoms with E-state index in [-0.39, 0.29) is 0 Å². The van der Waals surface area contributed by atoms with E-state index < -0.39 is 30.2 Å². The molecular formula is C10H6F3NO4. The van der Waals surface area contributed by atoms with Crippen LogP contribution in [-0.2, 0) is 9.53 Å². The molecule has 1 aromatic carbocycles. The average molecular weight is 261 g/mol. The predicted octanol–water partition coefficient (Wildman–Crippen LogP) is 1.89. The van der Waals surface area contributed by atoms with Gasteiger partial charge in [0.2, 0.25) is 0 Å². The zero-order valence-electron chi connectivity index (χ0n) is 8.65. The van der Waals surface area contributed by atoms with Gasteiger partial charge in [-0.25, -0.2) is 9.59 Å². The Morgan fingerprint density at radius 1 is 1.17 bits per heavy atom. The van der Waals surface area contributed by atoms with Gasteiger partial charge in [-0.2, -0.15) is 0 Å². The zero-order valence-corrected chi connectivity index (χ0v) is 8.65. The first-order valence-corrected chi connectivity index (χ1v) is 4.73. The van der Waals surface area contributed by atoms with E-state index in [0.717, 1.165) is 12.1 Å². The van der Waals surface area contributed by atoms with Crippen molar-refractivity contribution in [2.24, 2.45) is 0 Å². The van der Waals surface area contributed by atoms with Gasteiger partial charge in [0.15, 0.2) is 6.04 Å². The largest absolute Gasteiger partial charge is 0.573 e. The Kier molecular flexibility index (Phi) is 2.85. The summed E-state index contributed by atoms with van der Waals surface area (Å²) in [5.41, 5.74) is 0.306. The SMILES string of the molecule is O=C1NC(c2ccc(OC(F)(F)F)cc2)C(=O)O1. The summed E-state index contributed by atoms with van der Waals surface area (Å²) in [4.78, 5) is 21.9. The summed E-state index contributed by atoms with van der Waals surface area (Å²) in [5, 5.41) is 2.21. The smallest absolute Gasteiger partial charge is 0.406 e. The van der Waals surface area contributed by atoms with E-state index in [4.69, 9.17) is 0 Å². The molecule has 18 heavy (non-hydrogen) atoms. The molecule has 1 saturated heterocycles. The molecule has 1 N–H and O–H groups in total. The topological polar surface area (TPSA) is 64.6 Å². The lowest BCUT2D eigenvalue weighted by Gasteiger charge is -2.10. The molecule has 0 bridgehead atoms. The van der Waals surface area contributed by atoms with Crippen LogP contribution in [0.5, 0.6) is 5.75 Å². The third-order valence-corrected chi connectivity index (χ3v) is 2.14. The number of cyclic esters (lactones) is 2. The van der Waals surface area contributed by atoms with Crippen LogP contribution in [0.3, 0.4) is 0 Å². The summed E-state index contributed by atoms with van der Waals surface area (Å²) in [6.07, 6.45) is -5.66. The van der Waals surface area contributed by atoms with Crippen LogP contribution in [0.4, 0.5) is 18.0 Å². The van der Waals surface area contributed by atoms with E-state index in [1.165, 1.54) is 12.1 Å². The summed E-state index contributed by atoms with van der Waals surface area (Å²) >= 11 is 0. The fraction of sp³-hybridized carbons (Fsp3) is 0.200. The first-order chi connectivity index (χ1) is 8.35. The molecule has 8 heteroatoms. The number of nitrogens with one attached hydrogen (secondary N) is 1. The third-order valence-electron chi connectivity index (χ3n) is 2.14. The molecule has 0 aliphatic carbocycles. The first kappa shape index (κ1) is 12.2. The second kappa shape index (κ2) is 4.21. The highest BCUT2D eigenvalue weighted by molar-refractivity contribution is 5.96. The number of rotatable bonds is 2. The van der Waals surface area contributed by atoms with Crippen molar-refractivity contribution >= 4 is 12.1 Å². The van der Waals surface area contributed by atoms with Gasteiger partial charge in [0.25, 0.3) is 0 Å². The van der Waals surface area contributed by atoms with Gasteiger partial charge in [-0.1, -0.05) is 12.1 Å².